The average molecular weight is 227 g/mol. The van der Waals surface area contributed by atoms with E-state index in [1.807, 2.05) is 20.8 Å². The minimum absolute atomic E-state index is 0.401. The van der Waals surface area contributed by atoms with Gasteiger partial charge in [0, 0.05) is 12.8 Å². The van der Waals surface area contributed by atoms with Crippen molar-refractivity contribution >= 4 is 0 Å². The van der Waals surface area contributed by atoms with Crippen molar-refractivity contribution in [1.29, 1.82) is 0 Å². The van der Waals surface area contributed by atoms with Crippen LogP contribution < -0.4 is 0 Å². The van der Waals surface area contributed by atoms with Crippen LogP contribution >= 0.6 is 0 Å². The van der Waals surface area contributed by atoms with Gasteiger partial charge in [0.2, 0.25) is 11.8 Å². The van der Waals surface area contributed by atoms with Crippen LogP contribution in [0.2, 0.25) is 0 Å². The Labute approximate surface area is 99.0 Å². The summed E-state index contributed by atoms with van der Waals surface area (Å²) in [7, 11) is 4.15. The summed E-state index contributed by atoms with van der Waals surface area (Å²) in [5, 5.41) is 7.91. The van der Waals surface area contributed by atoms with E-state index in [0.29, 0.717) is 11.8 Å². The summed E-state index contributed by atoms with van der Waals surface area (Å²) in [6, 6.07) is 0. The van der Waals surface area contributed by atoms with Gasteiger partial charge in [-0.25, -0.2) is 0 Å². The van der Waals surface area contributed by atoms with Gasteiger partial charge in [0.05, 0.1) is 0 Å². The highest BCUT2D eigenvalue weighted by Crippen LogP contribution is 2.21. The third kappa shape index (κ3) is 5.26. The normalized spacial score (nSPS) is 12.2. The molecule has 1 aromatic rings. The topological polar surface area (TPSA) is 42.2 Å². The van der Waals surface area contributed by atoms with Crippen molar-refractivity contribution < 1.29 is 4.42 Å². The van der Waals surface area contributed by atoms with E-state index in [1.165, 1.54) is 0 Å². The molecule has 0 bridgehead atoms. The lowest BCUT2D eigenvalue weighted by molar-refractivity contribution is 0.346. The summed E-state index contributed by atoms with van der Waals surface area (Å²) < 4.78 is 5.43. The zero-order valence-electron chi connectivity index (χ0n) is 11.4. The summed E-state index contributed by atoms with van der Waals surface area (Å²) >= 11 is 0. The molecular weight excluding hydrogens is 202 g/mol. The van der Waals surface area contributed by atoms with Gasteiger partial charge in [-0.05, 0) is 33.5 Å². The van der Waals surface area contributed by atoms with Crippen molar-refractivity contribution in [2.45, 2.75) is 46.5 Å². The Morgan fingerprint density at radius 1 is 1.25 bits per heavy atom. The number of hydrogen-bond donors (Lipinski definition) is 0. The highest BCUT2D eigenvalue weighted by Gasteiger charge is 2.15. The Kier molecular flexibility index (Phi) is 7.81. The second-order valence-electron chi connectivity index (χ2n) is 3.86. The van der Waals surface area contributed by atoms with Crippen molar-refractivity contribution in [2.24, 2.45) is 0 Å². The van der Waals surface area contributed by atoms with E-state index in [9.17, 15) is 0 Å². The Balaban J connectivity index is 0.00000106. The zero-order valence-corrected chi connectivity index (χ0v) is 11.4. The van der Waals surface area contributed by atoms with Crippen LogP contribution in [-0.2, 0) is 0 Å². The number of aromatic nitrogens is 2. The number of aryl methyl sites for hydroxylation is 1. The van der Waals surface area contributed by atoms with Crippen molar-refractivity contribution in [3.8, 4) is 0 Å². The first kappa shape index (κ1) is 15.1. The van der Waals surface area contributed by atoms with Gasteiger partial charge < -0.3 is 9.32 Å². The van der Waals surface area contributed by atoms with Gasteiger partial charge in [0.15, 0.2) is 0 Å². The molecule has 0 saturated heterocycles. The monoisotopic (exact) mass is 227 g/mol. The van der Waals surface area contributed by atoms with E-state index in [-0.39, 0.29) is 0 Å². The van der Waals surface area contributed by atoms with Gasteiger partial charge in [-0.3, -0.25) is 0 Å². The fraction of sp³-hybridized carbons (Fsp3) is 0.833. The maximum absolute atomic E-state index is 5.43. The van der Waals surface area contributed by atoms with Crippen molar-refractivity contribution in [3.05, 3.63) is 11.8 Å². The standard InChI is InChI=1S/C10H19N3O.C2H6/c1-5-9(6-7-13(3)4)10-12-11-8(2)14-10;1-2/h9H,5-7H2,1-4H3;1-2H3. The molecule has 0 radical (unpaired) electrons. The number of hydrogen-bond acceptors (Lipinski definition) is 4. The minimum Gasteiger partial charge on any atom is -0.425 e. The molecule has 1 unspecified atom stereocenters. The molecule has 0 saturated carbocycles. The van der Waals surface area contributed by atoms with Crippen molar-refractivity contribution in [2.75, 3.05) is 20.6 Å². The zero-order chi connectivity index (χ0) is 12.6. The van der Waals surface area contributed by atoms with E-state index < -0.39 is 0 Å². The Morgan fingerprint density at radius 3 is 2.25 bits per heavy atom. The third-order valence-corrected chi connectivity index (χ3v) is 2.31. The van der Waals surface area contributed by atoms with Gasteiger partial charge in [0.1, 0.15) is 0 Å². The maximum atomic E-state index is 5.43. The van der Waals surface area contributed by atoms with Crippen LogP contribution in [0.3, 0.4) is 0 Å². The van der Waals surface area contributed by atoms with Crippen LogP contribution in [0.4, 0.5) is 0 Å². The second kappa shape index (κ2) is 8.28. The lowest BCUT2D eigenvalue weighted by Gasteiger charge is -2.14. The fourth-order valence-corrected chi connectivity index (χ4v) is 1.39. The van der Waals surface area contributed by atoms with Gasteiger partial charge >= 0.3 is 0 Å². The van der Waals surface area contributed by atoms with Gasteiger partial charge in [0.25, 0.3) is 0 Å². The Morgan fingerprint density at radius 2 is 1.88 bits per heavy atom. The minimum atomic E-state index is 0.401. The van der Waals surface area contributed by atoms with E-state index in [1.54, 1.807) is 0 Å². The van der Waals surface area contributed by atoms with Crippen LogP contribution in [0.25, 0.3) is 0 Å². The summed E-state index contributed by atoms with van der Waals surface area (Å²) in [6.45, 7) is 9.04. The van der Waals surface area contributed by atoms with Crippen LogP contribution in [0.1, 0.15) is 51.3 Å². The predicted molar refractivity (Wildman–Crippen MR) is 66.6 cm³/mol. The average Bonchev–Trinajstić information content (AvgIpc) is 2.68. The van der Waals surface area contributed by atoms with E-state index >= 15 is 0 Å². The van der Waals surface area contributed by atoms with E-state index in [4.69, 9.17) is 4.42 Å². The molecule has 0 aliphatic rings. The maximum Gasteiger partial charge on any atom is 0.219 e. The summed E-state index contributed by atoms with van der Waals surface area (Å²) in [5.74, 6) is 1.84. The molecule has 1 rings (SSSR count). The largest absolute Gasteiger partial charge is 0.425 e. The lowest BCUT2D eigenvalue weighted by Crippen LogP contribution is -2.15. The lowest BCUT2D eigenvalue weighted by atomic mass is 10.0. The summed E-state index contributed by atoms with van der Waals surface area (Å²) in [4.78, 5) is 2.17. The van der Waals surface area contributed by atoms with Crippen molar-refractivity contribution in [1.82, 2.24) is 15.1 Å². The molecule has 4 heteroatoms. The predicted octanol–water partition coefficient (Wildman–Crippen LogP) is 2.85. The SMILES string of the molecule is CC.CCC(CCN(C)C)c1nnc(C)o1. The number of rotatable bonds is 5. The second-order valence-corrected chi connectivity index (χ2v) is 3.86. The Hall–Kier alpha value is -0.900. The smallest absolute Gasteiger partial charge is 0.219 e. The summed E-state index contributed by atoms with van der Waals surface area (Å²) in [5.41, 5.74) is 0. The number of nitrogens with zero attached hydrogens (tertiary/aromatic N) is 3. The summed E-state index contributed by atoms with van der Waals surface area (Å²) in [6.07, 6.45) is 2.13. The van der Waals surface area contributed by atoms with E-state index in [0.717, 1.165) is 25.3 Å². The first-order valence-electron chi connectivity index (χ1n) is 6.08. The molecule has 0 aromatic carbocycles. The molecule has 0 fully saturated rings. The fourth-order valence-electron chi connectivity index (χ4n) is 1.39. The van der Waals surface area contributed by atoms with Gasteiger partial charge in [-0.15, -0.1) is 10.2 Å². The molecule has 94 valence electrons. The first-order valence-corrected chi connectivity index (χ1v) is 6.08. The van der Waals surface area contributed by atoms with Crippen LogP contribution in [0.15, 0.2) is 4.42 Å². The third-order valence-electron chi connectivity index (χ3n) is 2.31. The van der Waals surface area contributed by atoms with E-state index in [2.05, 4.69) is 36.1 Å². The first-order chi connectivity index (χ1) is 7.63. The van der Waals surface area contributed by atoms with Crippen LogP contribution in [-0.4, -0.2) is 35.7 Å². The van der Waals surface area contributed by atoms with Crippen molar-refractivity contribution in [3.63, 3.8) is 0 Å². The Bertz CT molecular complexity index is 271. The molecule has 0 aliphatic heterocycles. The molecule has 1 atom stereocenters. The quantitative estimate of drug-likeness (QED) is 0.775. The van der Waals surface area contributed by atoms with Crippen LogP contribution in [0, 0.1) is 6.92 Å². The molecule has 0 spiro atoms. The molecule has 1 heterocycles. The highest BCUT2D eigenvalue weighted by atomic mass is 16.4. The molecule has 0 aliphatic carbocycles. The molecule has 16 heavy (non-hydrogen) atoms. The molecular formula is C12H25N3O. The van der Waals surface area contributed by atoms with Crippen LogP contribution in [0.5, 0.6) is 0 Å². The van der Waals surface area contributed by atoms with Gasteiger partial charge in [-0.1, -0.05) is 20.8 Å². The molecule has 1 aromatic heterocycles. The van der Waals surface area contributed by atoms with Gasteiger partial charge in [-0.2, -0.15) is 0 Å². The molecule has 4 nitrogen and oxygen atoms in total. The molecule has 0 amide bonds. The molecule has 0 N–H and O–H groups in total. The highest BCUT2D eigenvalue weighted by molar-refractivity contribution is 4.90.